The van der Waals surface area contributed by atoms with Gasteiger partial charge in [0.05, 0.1) is 12.7 Å². The largest absolute Gasteiger partial charge is 0.496 e. The Kier molecular flexibility index (Phi) is 3.28. The molecule has 0 saturated carbocycles. The van der Waals surface area contributed by atoms with Crippen LogP contribution in [0.25, 0.3) is 0 Å². The molecule has 0 saturated heterocycles. The van der Waals surface area contributed by atoms with E-state index in [1.807, 2.05) is 19.1 Å². The zero-order chi connectivity index (χ0) is 12.3. The second-order valence-corrected chi connectivity index (χ2v) is 3.65. The van der Waals surface area contributed by atoms with E-state index in [1.165, 1.54) is 0 Å². The molecule has 2 rings (SSSR count). The Balaban J connectivity index is 2.36. The van der Waals surface area contributed by atoms with Crippen molar-refractivity contribution in [1.29, 1.82) is 0 Å². The molecule has 17 heavy (non-hydrogen) atoms. The quantitative estimate of drug-likeness (QED) is 0.758. The molecule has 0 radical (unpaired) electrons. The Morgan fingerprint density at radius 3 is 2.65 bits per heavy atom. The van der Waals surface area contributed by atoms with Gasteiger partial charge in [-0.05, 0) is 24.3 Å². The molecule has 0 aliphatic carbocycles. The van der Waals surface area contributed by atoms with Gasteiger partial charge in [0.2, 0.25) is 5.78 Å². The van der Waals surface area contributed by atoms with Gasteiger partial charge < -0.3 is 9.15 Å². The minimum Gasteiger partial charge on any atom is -0.496 e. The summed E-state index contributed by atoms with van der Waals surface area (Å²) in [4.78, 5) is 12.2. The van der Waals surface area contributed by atoms with Gasteiger partial charge in [-0.15, -0.1) is 0 Å². The highest BCUT2D eigenvalue weighted by Gasteiger charge is 2.17. The molecule has 88 valence electrons. The summed E-state index contributed by atoms with van der Waals surface area (Å²) in [6, 6.07) is 10.6. The van der Waals surface area contributed by atoms with Crippen molar-refractivity contribution >= 4 is 5.78 Å². The van der Waals surface area contributed by atoms with E-state index in [9.17, 15) is 4.79 Å². The molecular weight excluding hydrogens is 216 g/mol. The van der Waals surface area contributed by atoms with Gasteiger partial charge in [-0.25, -0.2) is 0 Å². The lowest BCUT2D eigenvalue weighted by atomic mass is 10.1. The Bertz CT molecular complexity index is 526. The number of ketones is 1. The highest BCUT2D eigenvalue weighted by atomic mass is 16.5. The molecular formula is C14H14O3. The smallest absolute Gasteiger partial charge is 0.231 e. The fourth-order valence-electron chi connectivity index (χ4n) is 1.65. The third kappa shape index (κ3) is 2.23. The third-order valence-corrected chi connectivity index (χ3v) is 2.59. The topological polar surface area (TPSA) is 39.4 Å². The summed E-state index contributed by atoms with van der Waals surface area (Å²) >= 11 is 0. The number of carbonyl (C=O) groups excluding carboxylic acids is 1. The van der Waals surface area contributed by atoms with Crippen LogP contribution >= 0.6 is 0 Å². The van der Waals surface area contributed by atoms with E-state index >= 15 is 0 Å². The van der Waals surface area contributed by atoms with Gasteiger partial charge in [0.25, 0.3) is 0 Å². The van der Waals surface area contributed by atoms with Crippen molar-refractivity contribution in [2.45, 2.75) is 13.3 Å². The van der Waals surface area contributed by atoms with Crippen LogP contribution < -0.4 is 4.74 Å². The first-order chi connectivity index (χ1) is 8.26. The standard InChI is InChI=1S/C14H14O3/c1-3-10-8-9-13(17-10)14(15)11-6-4-5-7-12(11)16-2/h4-9H,3H2,1-2H3. The van der Waals surface area contributed by atoms with Crippen molar-refractivity contribution in [3.8, 4) is 5.75 Å². The van der Waals surface area contributed by atoms with E-state index in [0.717, 1.165) is 12.2 Å². The average Bonchev–Trinajstić information content (AvgIpc) is 2.86. The van der Waals surface area contributed by atoms with E-state index < -0.39 is 0 Å². The van der Waals surface area contributed by atoms with Crippen LogP contribution in [0.1, 0.15) is 28.8 Å². The molecule has 0 aliphatic heterocycles. The summed E-state index contributed by atoms with van der Waals surface area (Å²) in [5, 5.41) is 0. The van der Waals surface area contributed by atoms with E-state index in [-0.39, 0.29) is 5.78 Å². The van der Waals surface area contributed by atoms with Gasteiger partial charge >= 0.3 is 0 Å². The van der Waals surface area contributed by atoms with Gasteiger partial charge in [0, 0.05) is 6.42 Å². The predicted molar refractivity (Wildman–Crippen MR) is 64.5 cm³/mol. The minimum atomic E-state index is -0.151. The Morgan fingerprint density at radius 2 is 2.00 bits per heavy atom. The molecule has 0 unspecified atom stereocenters. The molecule has 0 spiro atoms. The number of furan rings is 1. The fourth-order valence-corrected chi connectivity index (χ4v) is 1.65. The van der Waals surface area contributed by atoms with Crippen LogP contribution in [-0.2, 0) is 6.42 Å². The molecule has 0 aliphatic rings. The lowest BCUT2D eigenvalue weighted by Crippen LogP contribution is -2.02. The molecule has 3 heteroatoms. The van der Waals surface area contributed by atoms with Gasteiger partial charge in [0.15, 0.2) is 5.76 Å². The van der Waals surface area contributed by atoms with E-state index in [0.29, 0.717) is 17.1 Å². The molecule has 2 aromatic rings. The maximum absolute atomic E-state index is 12.2. The van der Waals surface area contributed by atoms with Crippen molar-refractivity contribution in [2.24, 2.45) is 0 Å². The molecule has 0 bridgehead atoms. The number of carbonyl (C=O) groups is 1. The van der Waals surface area contributed by atoms with Crippen molar-refractivity contribution < 1.29 is 13.9 Å². The molecule has 0 atom stereocenters. The lowest BCUT2D eigenvalue weighted by molar-refractivity contribution is 0.100. The Labute approximate surface area is 100 Å². The van der Waals surface area contributed by atoms with Gasteiger partial charge in [-0.1, -0.05) is 19.1 Å². The van der Waals surface area contributed by atoms with Crippen LogP contribution in [0.5, 0.6) is 5.75 Å². The summed E-state index contributed by atoms with van der Waals surface area (Å²) in [5.74, 6) is 1.57. The number of methoxy groups -OCH3 is 1. The number of aryl methyl sites for hydroxylation is 1. The van der Waals surface area contributed by atoms with E-state index in [1.54, 1.807) is 31.4 Å². The Morgan fingerprint density at radius 1 is 1.24 bits per heavy atom. The highest BCUT2D eigenvalue weighted by molar-refractivity contribution is 6.08. The van der Waals surface area contributed by atoms with Crippen molar-refractivity contribution in [1.82, 2.24) is 0 Å². The summed E-state index contributed by atoms with van der Waals surface area (Å²) in [7, 11) is 1.55. The molecule has 1 aromatic carbocycles. The first-order valence-electron chi connectivity index (χ1n) is 5.52. The number of hydrogen-bond donors (Lipinski definition) is 0. The molecule has 3 nitrogen and oxygen atoms in total. The van der Waals surface area contributed by atoms with Gasteiger partial charge in [0.1, 0.15) is 11.5 Å². The number of ether oxygens (including phenoxy) is 1. The normalized spacial score (nSPS) is 10.2. The maximum atomic E-state index is 12.2. The zero-order valence-electron chi connectivity index (χ0n) is 9.90. The molecule has 0 N–H and O–H groups in total. The van der Waals surface area contributed by atoms with Crippen LogP contribution in [0.15, 0.2) is 40.8 Å². The number of rotatable bonds is 4. The second-order valence-electron chi connectivity index (χ2n) is 3.65. The van der Waals surface area contributed by atoms with Crippen LogP contribution in [-0.4, -0.2) is 12.9 Å². The maximum Gasteiger partial charge on any atom is 0.231 e. The highest BCUT2D eigenvalue weighted by Crippen LogP contribution is 2.22. The third-order valence-electron chi connectivity index (χ3n) is 2.59. The van der Waals surface area contributed by atoms with Crippen molar-refractivity contribution in [3.05, 3.63) is 53.5 Å². The second kappa shape index (κ2) is 4.87. The molecule has 1 heterocycles. The lowest BCUT2D eigenvalue weighted by Gasteiger charge is -2.05. The fraction of sp³-hybridized carbons (Fsp3) is 0.214. The first-order valence-corrected chi connectivity index (χ1v) is 5.52. The van der Waals surface area contributed by atoms with Crippen molar-refractivity contribution in [2.75, 3.05) is 7.11 Å². The van der Waals surface area contributed by atoms with Gasteiger partial charge in [-0.3, -0.25) is 4.79 Å². The Hall–Kier alpha value is -2.03. The molecule has 1 aromatic heterocycles. The minimum absolute atomic E-state index is 0.151. The van der Waals surface area contributed by atoms with E-state index in [2.05, 4.69) is 0 Å². The number of hydrogen-bond acceptors (Lipinski definition) is 3. The first kappa shape index (κ1) is 11.5. The number of para-hydroxylation sites is 1. The zero-order valence-corrected chi connectivity index (χ0v) is 9.90. The average molecular weight is 230 g/mol. The van der Waals surface area contributed by atoms with Crippen LogP contribution in [0.4, 0.5) is 0 Å². The summed E-state index contributed by atoms with van der Waals surface area (Å²) in [6.45, 7) is 1.98. The van der Waals surface area contributed by atoms with Crippen LogP contribution in [0.2, 0.25) is 0 Å². The summed E-state index contributed by atoms with van der Waals surface area (Å²) < 4.78 is 10.6. The monoisotopic (exact) mass is 230 g/mol. The van der Waals surface area contributed by atoms with Crippen LogP contribution in [0.3, 0.4) is 0 Å². The molecule has 0 fully saturated rings. The van der Waals surface area contributed by atoms with Crippen molar-refractivity contribution in [3.63, 3.8) is 0 Å². The number of benzene rings is 1. The summed E-state index contributed by atoms with van der Waals surface area (Å²) in [6.07, 6.45) is 0.777. The SMILES string of the molecule is CCc1ccc(C(=O)c2ccccc2OC)o1. The summed E-state index contributed by atoms with van der Waals surface area (Å²) in [5.41, 5.74) is 0.520. The van der Waals surface area contributed by atoms with Crippen LogP contribution in [0, 0.1) is 0 Å². The van der Waals surface area contributed by atoms with Gasteiger partial charge in [-0.2, -0.15) is 0 Å². The predicted octanol–water partition coefficient (Wildman–Crippen LogP) is 3.08. The van der Waals surface area contributed by atoms with E-state index in [4.69, 9.17) is 9.15 Å². The molecule has 0 amide bonds.